The number of hydrogen-bond acceptors (Lipinski definition) is 5. The number of carbonyl (C=O) groups is 1. The van der Waals surface area contributed by atoms with Crippen molar-refractivity contribution in [1.82, 2.24) is 14.2 Å². The van der Waals surface area contributed by atoms with Gasteiger partial charge in [-0.25, -0.2) is 18.2 Å². The molecule has 1 fully saturated rings. The first kappa shape index (κ1) is 17.5. The van der Waals surface area contributed by atoms with Crippen molar-refractivity contribution in [1.29, 1.82) is 0 Å². The number of rotatable bonds is 3. The van der Waals surface area contributed by atoms with Crippen molar-refractivity contribution in [2.24, 2.45) is 0 Å². The van der Waals surface area contributed by atoms with E-state index in [0.717, 1.165) is 0 Å². The molecule has 22 heavy (non-hydrogen) atoms. The molecule has 0 saturated carbocycles. The zero-order valence-corrected chi connectivity index (χ0v) is 15.0. The molecule has 122 valence electrons. The third kappa shape index (κ3) is 3.70. The number of pyridine rings is 1. The third-order valence-electron chi connectivity index (χ3n) is 3.17. The van der Waals surface area contributed by atoms with Gasteiger partial charge < -0.3 is 9.64 Å². The molecule has 0 radical (unpaired) electrons. The van der Waals surface area contributed by atoms with Crippen LogP contribution in [-0.2, 0) is 14.8 Å². The summed E-state index contributed by atoms with van der Waals surface area (Å²) in [4.78, 5) is 17.0. The lowest BCUT2D eigenvalue weighted by Crippen LogP contribution is -2.50. The molecule has 1 amide bonds. The summed E-state index contributed by atoms with van der Waals surface area (Å²) >= 11 is 8.94. The van der Waals surface area contributed by atoms with Crippen LogP contribution in [0.25, 0.3) is 0 Å². The lowest BCUT2D eigenvalue weighted by atomic mass is 10.4. The third-order valence-corrected chi connectivity index (χ3v) is 6.17. The van der Waals surface area contributed by atoms with E-state index in [2.05, 4.69) is 20.9 Å². The minimum atomic E-state index is -3.66. The van der Waals surface area contributed by atoms with Crippen molar-refractivity contribution >= 4 is 43.6 Å². The molecule has 0 N–H and O–H groups in total. The van der Waals surface area contributed by atoms with Gasteiger partial charge in [-0.15, -0.1) is 0 Å². The van der Waals surface area contributed by atoms with Gasteiger partial charge in [-0.1, -0.05) is 11.6 Å². The van der Waals surface area contributed by atoms with E-state index in [1.54, 1.807) is 6.92 Å². The lowest BCUT2D eigenvalue weighted by Gasteiger charge is -2.33. The van der Waals surface area contributed by atoms with E-state index in [-0.39, 0.29) is 23.1 Å². The van der Waals surface area contributed by atoms with E-state index in [0.29, 0.717) is 24.2 Å². The van der Waals surface area contributed by atoms with Crippen LogP contribution in [0.2, 0.25) is 5.15 Å². The minimum Gasteiger partial charge on any atom is -0.450 e. The first-order valence-electron chi connectivity index (χ1n) is 6.59. The second kappa shape index (κ2) is 7.12. The van der Waals surface area contributed by atoms with Crippen molar-refractivity contribution < 1.29 is 17.9 Å². The summed E-state index contributed by atoms with van der Waals surface area (Å²) in [6, 6.07) is 1.42. The smallest absolute Gasteiger partial charge is 0.409 e. The van der Waals surface area contributed by atoms with Crippen LogP contribution < -0.4 is 0 Å². The molecule has 0 aromatic carbocycles. The SMILES string of the molecule is CCOC(=O)N1CCN(S(=O)(=O)c2cnc(Cl)c(Br)c2)CC1. The Morgan fingerprint density at radius 3 is 2.59 bits per heavy atom. The van der Waals surface area contributed by atoms with Crippen molar-refractivity contribution in [2.45, 2.75) is 11.8 Å². The van der Waals surface area contributed by atoms with Gasteiger partial charge >= 0.3 is 6.09 Å². The van der Waals surface area contributed by atoms with Gasteiger partial charge in [-0.2, -0.15) is 4.31 Å². The van der Waals surface area contributed by atoms with Gasteiger partial charge in [-0.05, 0) is 28.9 Å². The fraction of sp³-hybridized carbons (Fsp3) is 0.500. The standard InChI is InChI=1S/C12H15BrClN3O4S/c1-2-21-12(18)16-3-5-17(6-4-16)22(19,20)9-7-10(13)11(14)15-8-9/h7-8H,2-6H2,1H3. The average Bonchev–Trinajstić information content (AvgIpc) is 2.50. The molecule has 2 rings (SSSR count). The van der Waals surface area contributed by atoms with E-state index in [4.69, 9.17) is 16.3 Å². The number of ether oxygens (including phenoxy) is 1. The van der Waals surface area contributed by atoms with Crippen LogP contribution >= 0.6 is 27.5 Å². The second-order valence-electron chi connectivity index (χ2n) is 4.53. The predicted molar refractivity (Wildman–Crippen MR) is 84.3 cm³/mol. The molecule has 0 aliphatic carbocycles. The summed E-state index contributed by atoms with van der Waals surface area (Å²) in [6.07, 6.45) is 0.801. The molecule has 1 saturated heterocycles. The fourth-order valence-electron chi connectivity index (χ4n) is 2.02. The largest absolute Gasteiger partial charge is 0.450 e. The number of halogens is 2. The molecular formula is C12H15BrClN3O4S. The molecule has 2 heterocycles. The quantitative estimate of drug-likeness (QED) is 0.709. The Labute approximate surface area is 142 Å². The van der Waals surface area contributed by atoms with E-state index in [9.17, 15) is 13.2 Å². The summed E-state index contributed by atoms with van der Waals surface area (Å²) in [5.41, 5.74) is 0. The Morgan fingerprint density at radius 2 is 2.05 bits per heavy atom. The molecule has 1 aromatic rings. The number of nitrogens with zero attached hydrogens (tertiary/aromatic N) is 3. The first-order chi connectivity index (χ1) is 10.4. The maximum absolute atomic E-state index is 12.5. The molecule has 0 bridgehead atoms. The molecule has 10 heteroatoms. The Balaban J connectivity index is 2.09. The van der Waals surface area contributed by atoms with Crippen LogP contribution in [-0.4, -0.2) is 61.5 Å². The van der Waals surface area contributed by atoms with Gasteiger partial charge in [0, 0.05) is 32.4 Å². The monoisotopic (exact) mass is 411 g/mol. The van der Waals surface area contributed by atoms with Crippen LogP contribution in [0.5, 0.6) is 0 Å². The summed E-state index contributed by atoms with van der Waals surface area (Å²) in [7, 11) is -3.66. The molecule has 7 nitrogen and oxygen atoms in total. The molecule has 0 unspecified atom stereocenters. The highest BCUT2D eigenvalue weighted by atomic mass is 79.9. The Morgan fingerprint density at radius 1 is 1.41 bits per heavy atom. The summed E-state index contributed by atoms with van der Waals surface area (Å²) in [5, 5.41) is 0.200. The van der Waals surface area contributed by atoms with Crippen molar-refractivity contribution in [2.75, 3.05) is 32.8 Å². The number of carbonyl (C=O) groups excluding carboxylic acids is 1. The minimum absolute atomic E-state index is 0.0633. The zero-order chi connectivity index (χ0) is 16.3. The van der Waals surface area contributed by atoms with Gasteiger partial charge in [0.2, 0.25) is 10.0 Å². The zero-order valence-electron chi connectivity index (χ0n) is 11.8. The number of piperazine rings is 1. The number of hydrogen-bond donors (Lipinski definition) is 0. The molecule has 0 atom stereocenters. The normalized spacial score (nSPS) is 16.6. The Hall–Kier alpha value is -0.900. The van der Waals surface area contributed by atoms with Crippen molar-refractivity contribution in [3.8, 4) is 0 Å². The van der Waals surface area contributed by atoms with Crippen LogP contribution in [0, 0.1) is 0 Å². The van der Waals surface area contributed by atoms with Gasteiger partial charge in [0.05, 0.1) is 11.1 Å². The maximum Gasteiger partial charge on any atom is 0.409 e. The molecular weight excluding hydrogens is 398 g/mol. The van der Waals surface area contributed by atoms with Gasteiger partial charge in [-0.3, -0.25) is 0 Å². The van der Waals surface area contributed by atoms with Crippen LogP contribution in [0.15, 0.2) is 21.6 Å². The topological polar surface area (TPSA) is 79.8 Å². The average molecular weight is 413 g/mol. The van der Waals surface area contributed by atoms with Crippen LogP contribution in [0.3, 0.4) is 0 Å². The molecule has 0 spiro atoms. The predicted octanol–water partition coefficient (Wildman–Crippen LogP) is 1.96. The highest BCUT2D eigenvalue weighted by Gasteiger charge is 2.31. The van der Waals surface area contributed by atoms with Crippen LogP contribution in [0.1, 0.15) is 6.92 Å². The Bertz CT molecular complexity index is 662. The van der Waals surface area contributed by atoms with E-state index in [1.165, 1.54) is 21.5 Å². The summed E-state index contributed by atoms with van der Waals surface area (Å²) < 4.78 is 31.7. The van der Waals surface area contributed by atoms with E-state index in [1.807, 2.05) is 0 Å². The lowest BCUT2D eigenvalue weighted by molar-refractivity contribution is 0.0934. The number of sulfonamides is 1. The molecule has 1 aliphatic rings. The fourth-order valence-corrected chi connectivity index (χ4v) is 4.02. The van der Waals surface area contributed by atoms with E-state index < -0.39 is 16.1 Å². The summed E-state index contributed by atoms with van der Waals surface area (Å²) in [6.45, 7) is 3.02. The maximum atomic E-state index is 12.5. The Kier molecular flexibility index (Phi) is 5.65. The van der Waals surface area contributed by atoms with Crippen molar-refractivity contribution in [3.63, 3.8) is 0 Å². The number of amides is 1. The van der Waals surface area contributed by atoms with E-state index >= 15 is 0 Å². The highest BCUT2D eigenvalue weighted by Crippen LogP contribution is 2.25. The summed E-state index contributed by atoms with van der Waals surface area (Å²) in [5.74, 6) is 0. The van der Waals surface area contributed by atoms with Gasteiger partial charge in [0.1, 0.15) is 10.0 Å². The van der Waals surface area contributed by atoms with Crippen LogP contribution in [0.4, 0.5) is 4.79 Å². The molecule has 1 aromatic heterocycles. The first-order valence-corrected chi connectivity index (χ1v) is 9.20. The van der Waals surface area contributed by atoms with Gasteiger partial charge in [0.25, 0.3) is 0 Å². The number of aromatic nitrogens is 1. The highest BCUT2D eigenvalue weighted by molar-refractivity contribution is 9.10. The second-order valence-corrected chi connectivity index (χ2v) is 7.68. The van der Waals surface area contributed by atoms with Crippen molar-refractivity contribution in [3.05, 3.63) is 21.9 Å². The van der Waals surface area contributed by atoms with Gasteiger partial charge in [0.15, 0.2) is 0 Å². The molecule has 1 aliphatic heterocycles.